The lowest BCUT2D eigenvalue weighted by molar-refractivity contribution is 0.606. The van der Waals surface area contributed by atoms with E-state index in [1.807, 2.05) is 6.92 Å². The van der Waals surface area contributed by atoms with E-state index in [9.17, 15) is 8.42 Å². The van der Waals surface area contributed by atoms with Crippen LogP contribution < -0.4 is 0 Å². The average Bonchev–Trinajstić information content (AvgIpc) is 1.79. The topological polar surface area (TPSA) is 34.1 Å². The summed E-state index contributed by atoms with van der Waals surface area (Å²) >= 11 is 3.23. The van der Waals surface area contributed by atoms with E-state index in [4.69, 9.17) is 0 Å². The molecule has 0 N–H and O–H groups in total. The summed E-state index contributed by atoms with van der Waals surface area (Å²) in [5.41, 5.74) is 0.898. The Bertz CT molecular complexity index is 240. The second kappa shape index (κ2) is 2.09. The van der Waals surface area contributed by atoms with Gasteiger partial charge in [-0.05, 0) is 12.5 Å². The first-order valence-electron chi connectivity index (χ1n) is 2.56. The van der Waals surface area contributed by atoms with E-state index in [0.29, 0.717) is 0 Å². The zero-order valence-electron chi connectivity index (χ0n) is 4.96. The third-order valence-corrected chi connectivity index (χ3v) is 4.24. The zero-order valence-corrected chi connectivity index (χ0v) is 7.37. The SMILES string of the molecule is CC1=CS(=O)(=O)C[C@H]1Br. The van der Waals surface area contributed by atoms with Gasteiger partial charge in [-0.3, -0.25) is 0 Å². The molecule has 0 unspecified atom stereocenters. The molecule has 1 rings (SSSR count). The molecule has 0 fully saturated rings. The quantitative estimate of drug-likeness (QED) is 0.562. The van der Waals surface area contributed by atoms with Crippen LogP contribution in [0.25, 0.3) is 0 Å². The summed E-state index contributed by atoms with van der Waals surface area (Å²) in [6, 6.07) is 0. The lowest BCUT2D eigenvalue weighted by atomic mass is 10.3. The molecule has 0 aromatic heterocycles. The van der Waals surface area contributed by atoms with Crippen LogP contribution in [0.5, 0.6) is 0 Å². The first-order valence-corrected chi connectivity index (χ1v) is 5.19. The fraction of sp³-hybridized carbons (Fsp3) is 0.600. The number of hydrogen-bond acceptors (Lipinski definition) is 2. The molecule has 2 nitrogen and oxygen atoms in total. The van der Waals surface area contributed by atoms with E-state index < -0.39 is 9.84 Å². The lowest BCUT2D eigenvalue weighted by Gasteiger charge is -1.95. The Hall–Kier alpha value is 0.170. The normalized spacial score (nSPS) is 32.2. The van der Waals surface area contributed by atoms with E-state index in [0.717, 1.165) is 5.57 Å². The smallest absolute Gasteiger partial charge is 0.173 e. The molecule has 0 aliphatic carbocycles. The Morgan fingerprint density at radius 3 is 2.44 bits per heavy atom. The summed E-state index contributed by atoms with van der Waals surface area (Å²) < 4.78 is 21.5. The molecule has 0 saturated heterocycles. The van der Waals surface area contributed by atoms with Crippen LogP contribution >= 0.6 is 15.9 Å². The van der Waals surface area contributed by atoms with Crippen molar-refractivity contribution in [2.45, 2.75) is 11.8 Å². The largest absolute Gasteiger partial charge is 0.224 e. The predicted molar refractivity (Wildman–Crippen MR) is 40.3 cm³/mol. The van der Waals surface area contributed by atoms with Crippen LogP contribution in [0.15, 0.2) is 11.0 Å². The van der Waals surface area contributed by atoms with Gasteiger partial charge in [0.15, 0.2) is 9.84 Å². The van der Waals surface area contributed by atoms with Crippen LogP contribution in [-0.2, 0) is 9.84 Å². The Morgan fingerprint density at radius 2 is 2.33 bits per heavy atom. The van der Waals surface area contributed by atoms with E-state index >= 15 is 0 Å². The number of alkyl halides is 1. The minimum absolute atomic E-state index is 0.0440. The number of sulfone groups is 1. The maximum atomic E-state index is 10.7. The van der Waals surface area contributed by atoms with Gasteiger partial charge in [0.2, 0.25) is 0 Å². The first kappa shape index (κ1) is 7.28. The molecule has 1 heterocycles. The Kier molecular flexibility index (Phi) is 1.69. The van der Waals surface area contributed by atoms with Gasteiger partial charge in [-0.25, -0.2) is 8.42 Å². The molecule has 52 valence electrons. The van der Waals surface area contributed by atoms with Gasteiger partial charge in [0.05, 0.1) is 10.6 Å². The molecule has 1 atom stereocenters. The van der Waals surface area contributed by atoms with Crippen LogP contribution in [-0.4, -0.2) is 19.0 Å². The van der Waals surface area contributed by atoms with Crippen LogP contribution in [0.1, 0.15) is 6.92 Å². The highest BCUT2D eigenvalue weighted by molar-refractivity contribution is 9.09. The minimum Gasteiger partial charge on any atom is -0.224 e. The van der Waals surface area contributed by atoms with Crippen molar-refractivity contribution in [3.05, 3.63) is 11.0 Å². The molecule has 0 saturated carbocycles. The highest BCUT2D eigenvalue weighted by Crippen LogP contribution is 2.22. The summed E-state index contributed by atoms with van der Waals surface area (Å²) in [6.45, 7) is 1.81. The van der Waals surface area contributed by atoms with E-state index in [1.165, 1.54) is 5.41 Å². The van der Waals surface area contributed by atoms with Gasteiger partial charge in [-0.1, -0.05) is 15.9 Å². The molecular formula is C5H7BrO2S. The van der Waals surface area contributed by atoms with Crippen molar-refractivity contribution in [3.63, 3.8) is 0 Å². The lowest BCUT2D eigenvalue weighted by Crippen LogP contribution is -2.04. The van der Waals surface area contributed by atoms with Crippen LogP contribution in [0.2, 0.25) is 0 Å². The fourth-order valence-electron chi connectivity index (χ4n) is 0.741. The second-order valence-electron chi connectivity index (χ2n) is 2.16. The molecule has 4 heteroatoms. The molecule has 0 spiro atoms. The molecule has 0 aromatic carbocycles. The molecule has 1 aliphatic rings. The van der Waals surface area contributed by atoms with Gasteiger partial charge >= 0.3 is 0 Å². The van der Waals surface area contributed by atoms with Crippen molar-refractivity contribution < 1.29 is 8.42 Å². The minimum atomic E-state index is -2.85. The molecule has 1 aliphatic heterocycles. The maximum absolute atomic E-state index is 10.7. The molecule has 0 bridgehead atoms. The standard InChI is InChI=1S/C5H7BrO2S/c1-4-2-9(7,8)3-5(4)6/h2,5H,3H2,1H3/t5-/m1/s1. The molecule has 0 aromatic rings. The Morgan fingerprint density at radius 1 is 1.78 bits per heavy atom. The summed E-state index contributed by atoms with van der Waals surface area (Å²) in [4.78, 5) is 0.0440. The molecule has 0 amide bonds. The second-order valence-corrected chi connectivity index (χ2v) is 5.16. The fourth-order valence-corrected chi connectivity index (χ4v) is 3.65. The monoisotopic (exact) mass is 210 g/mol. The highest BCUT2D eigenvalue weighted by atomic mass is 79.9. The van der Waals surface area contributed by atoms with Crippen molar-refractivity contribution in [1.29, 1.82) is 0 Å². The average molecular weight is 211 g/mol. The highest BCUT2D eigenvalue weighted by Gasteiger charge is 2.23. The van der Waals surface area contributed by atoms with Crippen molar-refractivity contribution in [3.8, 4) is 0 Å². The number of hydrogen-bond donors (Lipinski definition) is 0. The third-order valence-electron chi connectivity index (χ3n) is 1.24. The van der Waals surface area contributed by atoms with Crippen molar-refractivity contribution >= 4 is 25.8 Å². The summed E-state index contributed by atoms with van der Waals surface area (Å²) in [7, 11) is -2.85. The van der Waals surface area contributed by atoms with E-state index in [2.05, 4.69) is 15.9 Å². The van der Waals surface area contributed by atoms with Crippen LogP contribution in [0, 0.1) is 0 Å². The van der Waals surface area contributed by atoms with Crippen molar-refractivity contribution in [1.82, 2.24) is 0 Å². The maximum Gasteiger partial charge on any atom is 0.173 e. The molecular weight excluding hydrogens is 204 g/mol. The number of rotatable bonds is 0. The Labute approximate surface area is 63.0 Å². The van der Waals surface area contributed by atoms with Gasteiger partial charge in [-0.15, -0.1) is 0 Å². The number of halogens is 1. The number of allylic oxidation sites excluding steroid dienone is 1. The first-order chi connectivity index (χ1) is 4.01. The van der Waals surface area contributed by atoms with Gasteiger partial charge in [0.1, 0.15) is 0 Å². The van der Waals surface area contributed by atoms with Gasteiger partial charge < -0.3 is 0 Å². The van der Waals surface area contributed by atoms with Gasteiger partial charge in [-0.2, -0.15) is 0 Å². The zero-order chi connectivity index (χ0) is 7.07. The van der Waals surface area contributed by atoms with Crippen LogP contribution in [0.3, 0.4) is 0 Å². The summed E-state index contributed by atoms with van der Waals surface area (Å²) in [5, 5.41) is 1.33. The van der Waals surface area contributed by atoms with Gasteiger partial charge in [0.25, 0.3) is 0 Å². The predicted octanol–water partition coefficient (Wildman–Crippen LogP) is 1.08. The van der Waals surface area contributed by atoms with E-state index in [-0.39, 0.29) is 10.6 Å². The van der Waals surface area contributed by atoms with Crippen molar-refractivity contribution in [2.75, 3.05) is 5.75 Å². The van der Waals surface area contributed by atoms with Crippen LogP contribution in [0.4, 0.5) is 0 Å². The summed E-state index contributed by atoms with van der Waals surface area (Å²) in [6.07, 6.45) is 0. The Balaban J connectivity index is 3.01. The van der Waals surface area contributed by atoms with Gasteiger partial charge in [0, 0.05) is 5.41 Å². The third kappa shape index (κ3) is 1.55. The van der Waals surface area contributed by atoms with E-state index in [1.54, 1.807) is 0 Å². The summed E-state index contributed by atoms with van der Waals surface area (Å²) in [5.74, 6) is 0.221. The molecule has 0 radical (unpaired) electrons. The van der Waals surface area contributed by atoms with Crippen molar-refractivity contribution in [2.24, 2.45) is 0 Å². The molecule has 9 heavy (non-hydrogen) atoms.